The zero-order chi connectivity index (χ0) is 9.23. The summed E-state index contributed by atoms with van der Waals surface area (Å²) < 4.78 is 0. The van der Waals surface area contributed by atoms with Gasteiger partial charge in [0.25, 0.3) is 0 Å². The normalized spacial score (nSPS) is 12.4. The smallest absolute Gasteiger partial charge is 0.0621 e. The van der Waals surface area contributed by atoms with E-state index in [-0.39, 0.29) is 0 Å². The molecule has 1 heteroatoms. The van der Waals surface area contributed by atoms with Gasteiger partial charge in [0, 0.05) is 6.42 Å². The fourth-order valence-electron chi connectivity index (χ4n) is 1.42. The molecule has 0 spiro atoms. The van der Waals surface area contributed by atoms with E-state index in [1.54, 1.807) is 0 Å². The molecular weight excluding hydrogens is 146 g/mol. The summed E-state index contributed by atoms with van der Waals surface area (Å²) >= 11 is 0. The van der Waals surface area contributed by atoms with E-state index in [0.29, 0.717) is 0 Å². The molecule has 1 nitrogen and oxygen atoms in total. The Morgan fingerprint density at radius 3 is 2.42 bits per heavy atom. The Morgan fingerprint density at radius 1 is 1.17 bits per heavy atom. The fourth-order valence-corrected chi connectivity index (χ4v) is 1.42. The molecule has 0 radical (unpaired) electrons. The predicted molar refractivity (Wildman–Crippen MR) is 52.8 cm³/mol. The Kier molecular flexibility index (Phi) is 8.22. The molecule has 0 amide bonds. The van der Waals surface area contributed by atoms with E-state index in [1.807, 2.05) is 0 Å². The standard InChI is InChI=1S/C11H21N/c1-3-4-5-8-11(2)9-6-7-10-12/h11H,3-9H2,1-2H3. The molecule has 0 saturated carbocycles. The Bertz CT molecular complexity index is 123. The molecule has 0 aromatic heterocycles. The highest BCUT2D eigenvalue weighted by Gasteiger charge is 2.00. The first-order valence-corrected chi connectivity index (χ1v) is 5.18. The summed E-state index contributed by atoms with van der Waals surface area (Å²) in [5, 5.41) is 8.34. The van der Waals surface area contributed by atoms with Crippen LogP contribution in [0.15, 0.2) is 0 Å². The molecule has 0 N–H and O–H groups in total. The van der Waals surface area contributed by atoms with Crippen molar-refractivity contribution in [2.45, 2.75) is 58.8 Å². The molecular formula is C11H21N. The van der Waals surface area contributed by atoms with Crippen LogP contribution in [0.2, 0.25) is 0 Å². The van der Waals surface area contributed by atoms with Gasteiger partial charge in [-0.2, -0.15) is 5.26 Å². The van der Waals surface area contributed by atoms with Crippen LogP contribution in [0.5, 0.6) is 0 Å². The van der Waals surface area contributed by atoms with Gasteiger partial charge in [0.2, 0.25) is 0 Å². The van der Waals surface area contributed by atoms with Crippen LogP contribution in [0.1, 0.15) is 58.8 Å². The van der Waals surface area contributed by atoms with Crippen LogP contribution >= 0.6 is 0 Å². The van der Waals surface area contributed by atoms with Crippen molar-refractivity contribution in [1.29, 1.82) is 5.26 Å². The van der Waals surface area contributed by atoms with Gasteiger partial charge in [0.15, 0.2) is 0 Å². The number of rotatable bonds is 7. The molecule has 0 aliphatic rings. The molecule has 0 aromatic carbocycles. The summed E-state index contributed by atoms with van der Waals surface area (Å²) in [4.78, 5) is 0. The largest absolute Gasteiger partial charge is 0.198 e. The quantitative estimate of drug-likeness (QED) is 0.527. The number of nitrogens with zero attached hydrogens (tertiary/aromatic N) is 1. The molecule has 0 aliphatic carbocycles. The Balaban J connectivity index is 3.11. The van der Waals surface area contributed by atoms with Crippen LogP contribution in [0.25, 0.3) is 0 Å². The van der Waals surface area contributed by atoms with E-state index in [9.17, 15) is 0 Å². The van der Waals surface area contributed by atoms with Crippen LogP contribution in [0.3, 0.4) is 0 Å². The highest BCUT2D eigenvalue weighted by Crippen LogP contribution is 2.15. The molecule has 0 heterocycles. The maximum Gasteiger partial charge on any atom is 0.0621 e. The highest BCUT2D eigenvalue weighted by molar-refractivity contribution is 4.69. The van der Waals surface area contributed by atoms with E-state index in [2.05, 4.69) is 19.9 Å². The lowest BCUT2D eigenvalue weighted by Crippen LogP contribution is -1.94. The lowest BCUT2D eigenvalue weighted by atomic mass is 9.98. The lowest BCUT2D eigenvalue weighted by molar-refractivity contribution is 0.453. The number of unbranched alkanes of at least 4 members (excludes halogenated alkanes) is 3. The van der Waals surface area contributed by atoms with Gasteiger partial charge in [-0.25, -0.2) is 0 Å². The second-order valence-electron chi connectivity index (χ2n) is 3.65. The first-order valence-electron chi connectivity index (χ1n) is 5.18. The fraction of sp³-hybridized carbons (Fsp3) is 0.909. The highest BCUT2D eigenvalue weighted by atomic mass is 14.2. The molecule has 0 saturated heterocycles. The summed E-state index contributed by atoms with van der Waals surface area (Å²) in [5.74, 6) is 0.824. The maximum absolute atomic E-state index is 8.34. The minimum Gasteiger partial charge on any atom is -0.198 e. The van der Waals surface area contributed by atoms with Gasteiger partial charge in [0.1, 0.15) is 0 Å². The average Bonchev–Trinajstić information content (AvgIpc) is 2.06. The third-order valence-electron chi connectivity index (χ3n) is 2.29. The SMILES string of the molecule is CCCCCC(C)CCCC#N. The minimum atomic E-state index is 0.734. The molecule has 70 valence electrons. The van der Waals surface area contributed by atoms with Crippen LogP contribution in [0, 0.1) is 17.2 Å². The van der Waals surface area contributed by atoms with Gasteiger partial charge in [-0.1, -0.05) is 39.5 Å². The number of nitriles is 1. The van der Waals surface area contributed by atoms with Gasteiger partial charge in [0.05, 0.1) is 6.07 Å². The van der Waals surface area contributed by atoms with Gasteiger partial charge >= 0.3 is 0 Å². The third kappa shape index (κ3) is 7.60. The van der Waals surface area contributed by atoms with Gasteiger partial charge in [-0.15, -0.1) is 0 Å². The molecule has 0 bridgehead atoms. The summed E-state index contributed by atoms with van der Waals surface area (Å²) in [6, 6.07) is 2.19. The molecule has 0 rings (SSSR count). The second-order valence-corrected chi connectivity index (χ2v) is 3.65. The first-order chi connectivity index (χ1) is 5.81. The lowest BCUT2D eigenvalue weighted by Gasteiger charge is -2.08. The second kappa shape index (κ2) is 8.59. The van der Waals surface area contributed by atoms with Crippen molar-refractivity contribution < 1.29 is 0 Å². The summed E-state index contributed by atoms with van der Waals surface area (Å²) in [6.07, 6.45) is 8.44. The summed E-state index contributed by atoms with van der Waals surface area (Å²) in [7, 11) is 0. The van der Waals surface area contributed by atoms with Crippen LogP contribution in [-0.2, 0) is 0 Å². The van der Waals surface area contributed by atoms with E-state index in [0.717, 1.165) is 18.8 Å². The van der Waals surface area contributed by atoms with E-state index in [4.69, 9.17) is 5.26 Å². The van der Waals surface area contributed by atoms with Crippen molar-refractivity contribution in [2.24, 2.45) is 5.92 Å². The first kappa shape index (κ1) is 11.5. The molecule has 0 fully saturated rings. The zero-order valence-electron chi connectivity index (χ0n) is 8.47. The Labute approximate surface area is 76.8 Å². The molecule has 1 unspecified atom stereocenters. The average molecular weight is 167 g/mol. The molecule has 0 aliphatic heterocycles. The van der Waals surface area contributed by atoms with E-state index in [1.165, 1.54) is 32.1 Å². The van der Waals surface area contributed by atoms with Crippen molar-refractivity contribution in [3.05, 3.63) is 0 Å². The number of hydrogen-bond acceptors (Lipinski definition) is 1. The van der Waals surface area contributed by atoms with Crippen molar-refractivity contribution in [2.75, 3.05) is 0 Å². The minimum absolute atomic E-state index is 0.734. The Morgan fingerprint density at radius 2 is 1.83 bits per heavy atom. The Hall–Kier alpha value is -0.510. The van der Waals surface area contributed by atoms with Gasteiger partial charge < -0.3 is 0 Å². The maximum atomic E-state index is 8.34. The van der Waals surface area contributed by atoms with Crippen LogP contribution < -0.4 is 0 Å². The molecule has 1 atom stereocenters. The molecule has 12 heavy (non-hydrogen) atoms. The summed E-state index contributed by atoms with van der Waals surface area (Å²) in [5.41, 5.74) is 0. The molecule has 0 aromatic rings. The zero-order valence-corrected chi connectivity index (χ0v) is 8.47. The number of hydrogen-bond donors (Lipinski definition) is 0. The van der Waals surface area contributed by atoms with Gasteiger partial charge in [-0.05, 0) is 18.8 Å². The van der Waals surface area contributed by atoms with Crippen molar-refractivity contribution in [1.82, 2.24) is 0 Å². The van der Waals surface area contributed by atoms with Crippen LogP contribution in [0.4, 0.5) is 0 Å². The van der Waals surface area contributed by atoms with Crippen molar-refractivity contribution in [3.63, 3.8) is 0 Å². The van der Waals surface area contributed by atoms with Gasteiger partial charge in [-0.3, -0.25) is 0 Å². The predicted octanol–water partition coefficient (Wildman–Crippen LogP) is 3.90. The van der Waals surface area contributed by atoms with Crippen molar-refractivity contribution in [3.8, 4) is 6.07 Å². The van der Waals surface area contributed by atoms with E-state index < -0.39 is 0 Å². The van der Waals surface area contributed by atoms with E-state index >= 15 is 0 Å². The third-order valence-corrected chi connectivity index (χ3v) is 2.29. The van der Waals surface area contributed by atoms with Crippen LogP contribution in [-0.4, -0.2) is 0 Å². The monoisotopic (exact) mass is 167 g/mol. The topological polar surface area (TPSA) is 23.8 Å². The van der Waals surface area contributed by atoms with Crippen molar-refractivity contribution >= 4 is 0 Å². The summed E-state index contributed by atoms with van der Waals surface area (Å²) in [6.45, 7) is 4.54.